The van der Waals surface area contributed by atoms with E-state index in [2.05, 4.69) is 10.3 Å². The van der Waals surface area contributed by atoms with Gasteiger partial charge in [-0.3, -0.25) is 9.78 Å². The Morgan fingerprint density at radius 2 is 2.00 bits per heavy atom. The van der Waals surface area contributed by atoms with E-state index in [9.17, 15) is 13.2 Å². The van der Waals surface area contributed by atoms with Crippen molar-refractivity contribution in [1.29, 1.82) is 0 Å². The van der Waals surface area contributed by atoms with E-state index in [4.69, 9.17) is 11.6 Å². The van der Waals surface area contributed by atoms with Gasteiger partial charge < -0.3 is 5.32 Å². The summed E-state index contributed by atoms with van der Waals surface area (Å²) in [6.45, 7) is 1.40. The molecule has 6 nitrogen and oxygen atoms in total. The third kappa shape index (κ3) is 4.41. The maximum atomic E-state index is 12.6. The zero-order chi connectivity index (χ0) is 18.6. The van der Waals surface area contributed by atoms with Gasteiger partial charge in [0.15, 0.2) is 0 Å². The van der Waals surface area contributed by atoms with Gasteiger partial charge in [0.2, 0.25) is 10.0 Å². The molecule has 0 radical (unpaired) electrons. The molecule has 0 bridgehead atoms. The number of rotatable bonds is 5. The molecule has 1 saturated heterocycles. The Bertz CT molecular complexity index is 866. The fraction of sp³-hybridized carbons (Fsp3) is 0.333. The highest BCUT2D eigenvalue weighted by Gasteiger charge is 2.29. The summed E-state index contributed by atoms with van der Waals surface area (Å²) in [6.07, 6.45) is 4.32. The van der Waals surface area contributed by atoms with Crippen LogP contribution < -0.4 is 5.32 Å². The lowest BCUT2D eigenvalue weighted by molar-refractivity contribution is 0.0941. The molecule has 1 aromatic carbocycles. The van der Waals surface area contributed by atoms with Gasteiger partial charge in [0.1, 0.15) is 4.90 Å². The molecule has 0 atom stereocenters. The second-order valence-corrected chi connectivity index (χ2v) is 8.63. The number of halogens is 1. The number of hydrogen-bond acceptors (Lipinski definition) is 4. The standard InChI is InChI=1S/C18H20ClN3O3S/c19-16-4-1-3-15(11-16)18(23)21-12-14-6-9-22(10-7-14)26(24,25)17-5-2-8-20-13-17/h1-5,8,11,13-14H,6-7,9-10,12H2,(H,21,23). The summed E-state index contributed by atoms with van der Waals surface area (Å²) in [6, 6.07) is 9.96. The van der Waals surface area contributed by atoms with Crippen molar-refractivity contribution in [2.45, 2.75) is 17.7 Å². The Morgan fingerprint density at radius 1 is 1.23 bits per heavy atom. The number of aromatic nitrogens is 1. The second kappa shape index (κ2) is 8.16. The van der Waals surface area contributed by atoms with Crippen molar-refractivity contribution >= 4 is 27.5 Å². The van der Waals surface area contributed by atoms with Gasteiger partial charge in [-0.1, -0.05) is 17.7 Å². The average molecular weight is 394 g/mol. The van der Waals surface area contributed by atoms with Gasteiger partial charge in [0.05, 0.1) is 0 Å². The first-order chi connectivity index (χ1) is 12.5. The first kappa shape index (κ1) is 18.8. The largest absolute Gasteiger partial charge is 0.352 e. The lowest BCUT2D eigenvalue weighted by atomic mass is 9.98. The molecule has 0 spiro atoms. The molecule has 1 aliphatic rings. The molecule has 1 fully saturated rings. The van der Waals surface area contributed by atoms with Gasteiger partial charge in [-0.15, -0.1) is 0 Å². The highest BCUT2D eigenvalue weighted by molar-refractivity contribution is 7.89. The van der Waals surface area contributed by atoms with Crippen molar-refractivity contribution < 1.29 is 13.2 Å². The van der Waals surface area contributed by atoms with Crippen LogP contribution >= 0.6 is 11.6 Å². The van der Waals surface area contributed by atoms with E-state index in [1.54, 1.807) is 42.6 Å². The van der Waals surface area contributed by atoms with E-state index in [0.29, 0.717) is 43.1 Å². The van der Waals surface area contributed by atoms with E-state index in [1.807, 2.05) is 0 Å². The van der Waals surface area contributed by atoms with Crippen LogP contribution in [0.1, 0.15) is 23.2 Å². The predicted molar refractivity (Wildman–Crippen MR) is 99.5 cm³/mol. The van der Waals surface area contributed by atoms with Gasteiger partial charge in [-0.25, -0.2) is 8.42 Å². The molecular formula is C18H20ClN3O3S. The number of pyridine rings is 1. The van der Waals surface area contributed by atoms with Crippen molar-refractivity contribution in [3.8, 4) is 0 Å². The van der Waals surface area contributed by atoms with E-state index < -0.39 is 10.0 Å². The summed E-state index contributed by atoms with van der Waals surface area (Å²) in [5, 5.41) is 3.43. The smallest absolute Gasteiger partial charge is 0.251 e. The molecule has 0 saturated carbocycles. The second-order valence-electron chi connectivity index (χ2n) is 6.26. The molecule has 2 aromatic rings. The summed E-state index contributed by atoms with van der Waals surface area (Å²) < 4.78 is 26.6. The van der Waals surface area contributed by atoms with Crippen LogP contribution in [0.5, 0.6) is 0 Å². The molecule has 1 N–H and O–H groups in total. The molecule has 1 amide bonds. The minimum absolute atomic E-state index is 0.169. The van der Waals surface area contributed by atoms with Gasteiger partial charge in [-0.05, 0) is 49.1 Å². The molecule has 1 aromatic heterocycles. The third-order valence-corrected chi connectivity index (χ3v) is 6.60. The normalized spacial score (nSPS) is 16.3. The molecule has 8 heteroatoms. The summed E-state index contributed by atoms with van der Waals surface area (Å²) >= 11 is 5.90. The summed E-state index contributed by atoms with van der Waals surface area (Å²) in [5.74, 6) is 0.0800. The number of nitrogens with zero attached hydrogens (tertiary/aromatic N) is 2. The monoisotopic (exact) mass is 393 g/mol. The van der Waals surface area contributed by atoms with Gasteiger partial charge in [-0.2, -0.15) is 4.31 Å². The maximum absolute atomic E-state index is 12.6. The number of nitrogens with one attached hydrogen (secondary N) is 1. The summed E-state index contributed by atoms with van der Waals surface area (Å²) in [7, 11) is -3.50. The first-order valence-electron chi connectivity index (χ1n) is 8.41. The number of sulfonamides is 1. The number of piperidine rings is 1. The van der Waals surface area contributed by atoms with Gasteiger partial charge in [0.25, 0.3) is 5.91 Å². The third-order valence-electron chi connectivity index (χ3n) is 4.48. The van der Waals surface area contributed by atoms with Crippen LogP contribution in [-0.2, 0) is 10.0 Å². The quantitative estimate of drug-likeness (QED) is 0.846. The van der Waals surface area contributed by atoms with E-state index in [-0.39, 0.29) is 16.7 Å². The number of carbonyl (C=O) groups excluding carboxylic acids is 1. The zero-order valence-electron chi connectivity index (χ0n) is 14.1. The Balaban J connectivity index is 1.52. The number of hydrogen-bond donors (Lipinski definition) is 1. The molecule has 1 aliphatic heterocycles. The SMILES string of the molecule is O=C(NCC1CCN(S(=O)(=O)c2cccnc2)CC1)c1cccc(Cl)c1. The van der Waals surface area contributed by atoms with Crippen molar-refractivity contribution in [3.05, 3.63) is 59.4 Å². The van der Waals surface area contributed by atoms with Crippen LogP contribution in [0, 0.1) is 5.92 Å². The molecular weight excluding hydrogens is 374 g/mol. The van der Waals surface area contributed by atoms with Crippen molar-refractivity contribution in [2.24, 2.45) is 5.92 Å². The molecule has 0 aliphatic carbocycles. The Kier molecular flexibility index (Phi) is 5.90. The Labute approximate surface area is 158 Å². The van der Waals surface area contributed by atoms with E-state index >= 15 is 0 Å². The average Bonchev–Trinajstić information content (AvgIpc) is 2.67. The minimum atomic E-state index is -3.50. The maximum Gasteiger partial charge on any atom is 0.251 e. The van der Waals surface area contributed by atoms with Gasteiger partial charge in [0, 0.05) is 42.6 Å². The molecule has 3 rings (SSSR count). The molecule has 138 valence electrons. The van der Waals surface area contributed by atoms with Crippen LogP contribution in [0.25, 0.3) is 0 Å². The molecule has 26 heavy (non-hydrogen) atoms. The Hall–Kier alpha value is -1.96. The summed E-state index contributed by atoms with van der Waals surface area (Å²) in [5.41, 5.74) is 0.522. The fourth-order valence-electron chi connectivity index (χ4n) is 2.97. The fourth-order valence-corrected chi connectivity index (χ4v) is 4.60. The van der Waals surface area contributed by atoms with Gasteiger partial charge >= 0.3 is 0 Å². The number of carbonyl (C=O) groups is 1. The van der Waals surface area contributed by atoms with Crippen LogP contribution in [0.3, 0.4) is 0 Å². The van der Waals surface area contributed by atoms with Crippen LogP contribution in [0.15, 0.2) is 53.7 Å². The zero-order valence-corrected chi connectivity index (χ0v) is 15.7. The van der Waals surface area contributed by atoms with Crippen molar-refractivity contribution in [3.63, 3.8) is 0 Å². The summed E-state index contributed by atoms with van der Waals surface area (Å²) in [4.78, 5) is 16.3. The highest BCUT2D eigenvalue weighted by atomic mass is 35.5. The molecule has 0 unspecified atom stereocenters. The Morgan fingerprint density at radius 3 is 2.65 bits per heavy atom. The van der Waals surface area contributed by atoms with Crippen molar-refractivity contribution in [2.75, 3.05) is 19.6 Å². The lowest BCUT2D eigenvalue weighted by Gasteiger charge is -2.31. The lowest BCUT2D eigenvalue weighted by Crippen LogP contribution is -2.41. The predicted octanol–water partition coefficient (Wildman–Crippen LogP) is 2.57. The minimum Gasteiger partial charge on any atom is -0.352 e. The number of benzene rings is 1. The van der Waals surface area contributed by atoms with Crippen molar-refractivity contribution in [1.82, 2.24) is 14.6 Å². The first-order valence-corrected chi connectivity index (χ1v) is 10.2. The van der Waals surface area contributed by atoms with Crippen LogP contribution in [0.2, 0.25) is 5.02 Å². The van der Waals surface area contributed by atoms with Crippen LogP contribution in [-0.4, -0.2) is 43.2 Å². The highest BCUT2D eigenvalue weighted by Crippen LogP contribution is 2.23. The molecule has 2 heterocycles. The van der Waals surface area contributed by atoms with E-state index in [0.717, 1.165) is 0 Å². The van der Waals surface area contributed by atoms with E-state index in [1.165, 1.54) is 10.5 Å². The van der Waals surface area contributed by atoms with Crippen LogP contribution in [0.4, 0.5) is 0 Å². The number of amides is 1. The topological polar surface area (TPSA) is 79.4 Å².